The van der Waals surface area contributed by atoms with E-state index in [2.05, 4.69) is 23.3 Å². The smallest absolute Gasteiger partial charge is 0.129 e. The van der Waals surface area contributed by atoms with E-state index < -0.39 is 0 Å². The highest BCUT2D eigenvalue weighted by atomic mass is 16.5. The van der Waals surface area contributed by atoms with Crippen molar-refractivity contribution in [2.75, 3.05) is 6.54 Å². The number of ether oxygens (including phenoxy) is 1. The van der Waals surface area contributed by atoms with Gasteiger partial charge in [0.05, 0.1) is 5.52 Å². The first-order chi connectivity index (χ1) is 9.36. The van der Waals surface area contributed by atoms with E-state index in [4.69, 9.17) is 4.74 Å². The van der Waals surface area contributed by atoms with E-state index in [0.717, 1.165) is 36.0 Å². The first kappa shape index (κ1) is 12.4. The zero-order valence-corrected chi connectivity index (χ0v) is 11.3. The molecule has 0 saturated heterocycles. The molecule has 1 N–H and O–H groups in total. The predicted molar refractivity (Wildman–Crippen MR) is 77.5 cm³/mol. The number of fused-ring (bicyclic) bond motifs is 1. The van der Waals surface area contributed by atoms with Gasteiger partial charge in [0.2, 0.25) is 0 Å². The van der Waals surface area contributed by atoms with E-state index in [-0.39, 0.29) is 0 Å². The quantitative estimate of drug-likeness (QED) is 0.892. The topological polar surface area (TPSA) is 34.1 Å². The first-order valence-electron chi connectivity index (χ1n) is 7.10. The summed E-state index contributed by atoms with van der Waals surface area (Å²) >= 11 is 0. The predicted octanol–water partition coefficient (Wildman–Crippen LogP) is 3.14. The molecule has 0 spiro atoms. The van der Waals surface area contributed by atoms with Gasteiger partial charge in [-0.25, -0.2) is 0 Å². The summed E-state index contributed by atoms with van der Waals surface area (Å²) in [6.07, 6.45) is 5.57. The molecule has 1 aliphatic carbocycles. The second kappa shape index (κ2) is 5.57. The molecular formula is C16H20N2O. The molecule has 3 nitrogen and oxygen atoms in total. The molecule has 1 heterocycles. The summed E-state index contributed by atoms with van der Waals surface area (Å²) in [7, 11) is 0. The lowest BCUT2D eigenvalue weighted by Crippen LogP contribution is -2.47. The molecule has 1 aromatic carbocycles. The number of aromatic nitrogens is 1. The van der Waals surface area contributed by atoms with Crippen molar-refractivity contribution in [3.8, 4) is 5.75 Å². The van der Waals surface area contributed by atoms with Gasteiger partial charge in [-0.3, -0.25) is 4.98 Å². The molecule has 19 heavy (non-hydrogen) atoms. The van der Waals surface area contributed by atoms with Gasteiger partial charge in [0.15, 0.2) is 0 Å². The Bertz CT molecular complexity index is 544. The Morgan fingerprint density at radius 3 is 3.00 bits per heavy atom. The molecule has 0 radical (unpaired) electrons. The fourth-order valence-electron chi connectivity index (χ4n) is 2.53. The maximum atomic E-state index is 6.09. The minimum absolute atomic E-state index is 0.347. The van der Waals surface area contributed by atoms with Gasteiger partial charge in [0.25, 0.3) is 0 Å². The zero-order valence-electron chi connectivity index (χ0n) is 11.3. The van der Waals surface area contributed by atoms with Crippen LogP contribution in [0.3, 0.4) is 0 Å². The lowest BCUT2D eigenvalue weighted by Gasteiger charge is -2.36. The molecule has 1 saturated carbocycles. The summed E-state index contributed by atoms with van der Waals surface area (Å²) in [5.74, 6) is 0.963. The molecule has 3 rings (SSSR count). The summed E-state index contributed by atoms with van der Waals surface area (Å²) in [4.78, 5) is 4.36. The third kappa shape index (κ3) is 2.71. The highest BCUT2D eigenvalue weighted by Gasteiger charge is 2.30. The molecule has 0 aliphatic heterocycles. The zero-order chi connectivity index (χ0) is 13.1. The van der Waals surface area contributed by atoms with Gasteiger partial charge in [-0.1, -0.05) is 13.0 Å². The third-order valence-electron chi connectivity index (χ3n) is 3.68. The minimum Gasteiger partial charge on any atom is -0.490 e. The maximum absolute atomic E-state index is 6.09. The number of pyridine rings is 1. The number of hydrogen-bond donors (Lipinski definition) is 1. The summed E-state index contributed by atoms with van der Waals surface area (Å²) in [5.41, 5.74) is 1.000. The largest absolute Gasteiger partial charge is 0.490 e. The van der Waals surface area contributed by atoms with Crippen molar-refractivity contribution < 1.29 is 4.74 Å². The van der Waals surface area contributed by atoms with Crippen molar-refractivity contribution in [1.29, 1.82) is 0 Å². The molecule has 1 fully saturated rings. The second-order valence-electron chi connectivity index (χ2n) is 5.19. The molecule has 1 aromatic heterocycles. The maximum Gasteiger partial charge on any atom is 0.129 e. The minimum atomic E-state index is 0.347. The van der Waals surface area contributed by atoms with Crippen molar-refractivity contribution in [1.82, 2.24) is 10.3 Å². The Balaban J connectivity index is 1.64. The Morgan fingerprint density at radius 2 is 2.16 bits per heavy atom. The van der Waals surface area contributed by atoms with Crippen LogP contribution in [0.1, 0.15) is 26.2 Å². The molecule has 1 aliphatic rings. The van der Waals surface area contributed by atoms with Gasteiger partial charge >= 0.3 is 0 Å². The highest BCUT2D eigenvalue weighted by molar-refractivity contribution is 5.84. The fourth-order valence-corrected chi connectivity index (χ4v) is 2.53. The van der Waals surface area contributed by atoms with Crippen LogP contribution in [0, 0.1) is 0 Å². The normalized spacial score (nSPS) is 22.2. The first-order valence-corrected chi connectivity index (χ1v) is 7.10. The van der Waals surface area contributed by atoms with Crippen molar-refractivity contribution >= 4 is 10.9 Å². The molecule has 3 heteroatoms. The van der Waals surface area contributed by atoms with E-state index in [0.29, 0.717) is 12.1 Å². The van der Waals surface area contributed by atoms with Crippen molar-refractivity contribution in [2.45, 2.75) is 38.3 Å². The highest BCUT2D eigenvalue weighted by Crippen LogP contribution is 2.30. The number of nitrogens with zero attached hydrogens (tertiary/aromatic N) is 1. The van der Waals surface area contributed by atoms with Crippen LogP contribution in [0.5, 0.6) is 5.75 Å². The van der Waals surface area contributed by atoms with E-state index in [1.807, 2.05) is 30.5 Å². The van der Waals surface area contributed by atoms with Gasteiger partial charge < -0.3 is 10.1 Å². The van der Waals surface area contributed by atoms with Gasteiger partial charge in [0.1, 0.15) is 11.9 Å². The van der Waals surface area contributed by atoms with Gasteiger partial charge in [-0.15, -0.1) is 0 Å². The summed E-state index contributed by atoms with van der Waals surface area (Å²) in [6.45, 7) is 3.30. The summed E-state index contributed by atoms with van der Waals surface area (Å²) in [5, 5.41) is 4.64. The van der Waals surface area contributed by atoms with Crippen molar-refractivity contribution in [2.24, 2.45) is 0 Å². The van der Waals surface area contributed by atoms with Crippen LogP contribution >= 0.6 is 0 Å². The Morgan fingerprint density at radius 1 is 1.26 bits per heavy atom. The van der Waals surface area contributed by atoms with E-state index >= 15 is 0 Å². The monoisotopic (exact) mass is 256 g/mol. The van der Waals surface area contributed by atoms with Crippen LogP contribution in [0.25, 0.3) is 10.9 Å². The summed E-state index contributed by atoms with van der Waals surface area (Å²) in [6, 6.07) is 10.7. The molecule has 0 unspecified atom stereocenters. The van der Waals surface area contributed by atoms with Crippen LogP contribution in [-0.2, 0) is 0 Å². The van der Waals surface area contributed by atoms with Crippen molar-refractivity contribution in [3.63, 3.8) is 0 Å². The average Bonchev–Trinajstić information content (AvgIpc) is 2.41. The Labute approximate surface area is 114 Å². The molecule has 0 atom stereocenters. The second-order valence-corrected chi connectivity index (χ2v) is 5.19. The number of benzene rings is 1. The van der Waals surface area contributed by atoms with E-state index in [9.17, 15) is 0 Å². The van der Waals surface area contributed by atoms with Crippen LogP contribution < -0.4 is 10.1 Å². The average molecular weight is 256 g/mol. The standard InChI is InChI=1S/C16H20N2O/c1-2-8-17-12-10-13(11-12)19-16-7-3-6-15-14(16)5-4-9-18-15/h3-7,9,12-13,17H,2,8,10-11H2,1H3. The molecule has 0 bridgehead atoms. The van der Waals surface area contributed by atoms with Gasteiger partial charge in [0, 0.05) is 17.6 Å². The molecule has 0 amide bonds. The molecule has 2 aromatic rings. The fraction of sp³-hybridized carbons (Fsp3) is 0.438. The number of nitrogens with one attached hydrogen (secondary N) is 1. The summed E-state index contributed by atoms with van der Waals surface area (Å²) < 4.78 is 6.09. The van der Waals surface area contributed by atoms with Crippen molar-refractivity contribution in [3.05, 3.63) is 36.5 Å². The lowest BCUT2D eigenvalue weighted by atomic mass is 9.89. The lowest BCUT2D eigenvalue weighted by molar-refractivity contribution is 0.0867. The Kier molecular flexibility index (Phi) is 3.65. The van der Waals surface area contributed by atoms with Gasteiger partial charge in [-0.05, 0) is 50.1 Å². The van der Waals surface area contributed by atoms with E-state index in [1.165, 1.54) is 6.42 Å². The third-order valence-corrected chi connectivity index (χ3v) is 3.68. The van der Waals surface area contributed by atoms with Crippen LogP contribution in [0.2, 0.25) is 0 Å². The number of hydrogen-bond acceptors (Lipinski definition) is 3. The Hall–Kier alpha value is -1.61. The SMILES string of the molecule is CCCNC1CC(Oc2cccc3ncccc23)C1. The van der Waals surface area contributed by atoms with E-state index in [1.54, 1.807) is 0 Å². The van der Waals surface area contributed by atoms with Crippen LogP contribution in [0.4, 0.5) is 0 Å². The number of rotatable bonds is 5. The van der Waals surface area contributed by atoms with Gasteiger partial charge in [-0.2, -0.15) is 0 Å². The van der Waals surface area contributed by atoms with Crippen LogP contribution in [0.15, 0.2) is 36.5 Å². The molecule has 100 valence electrons. The molecular weight excluding hydrogens is 236 g/mol. The van der Waals surface area contributed by atoms with Crippen LogP contribution in [-0.4, -0.2) is 23.7 Å².